The van der Waals surface area contributed by atoms with Gasteiger partial charge in [0.15, 0.2) is 5.60 Å². The highest BCUT2D eigenvalue weighted by atomic mass is 16.6. The van der Waals surface area contributed by atoms with Gasteiger partial charge in [-0.1, -0.05) is 0 Å². The van der Waals surface area contributed by atoms with E-state index in [4.69, 9.17) is 4.74 Å². The van der Waals surface area contributed by atoms with Gasteiger partial charge in [0, 0.05) is 25.7 Å². The molecule has 1 unspecified atom stereocenters. The van der Waals surface area contributed by atoms with Crippen molar-refractivity contribution in [2.75, 3.05) is 26.7 Å². The second-order valence-corrected chi connectivity index (χ2v) is 7.11. The molecule has 0 bridgehead atoms. The Balaban J connectivity index is 1.57. The lowest BCUT2D eigenvalue weighted by atomic mass is 9.95. The fourth-order valence-electron chi connectivity index (χ4n) is 4.03. The zero-order chi connectivity index (χ0) is 16.9. The molecule has 1 aliphatic carbocycles. The Bertz CT molecular complexity index is 772. The van der Waals surface area contributed by atoms with Gasteiger partial charge in [0.1, 0.15) is 5.56 Å². The number of pyridine rings is 1. The molecule has 2 aliphatic heterocycles. The van der Waals surface area contributed by atoms with Crippen molar-refractivity contribution in [3.8, 4) is 0 Å². The summed E-state index contributed by atoms with van der Waals surface area (Å²) in [4.78, 5) is 42.8. The van der Waals surface area contributed by atoms with Crippen LogP contribution in [0.1, 0.15) is 40.9 Å². The minimum Gasteiger partial charge on any atom is -0.439 e. The van der Waals surface area contributed by atoms with E-state index in [9.17, 15) is 14.4 Å². The molecule has 2 fully saturated rings. The Kier molecular flexibility index (Phi) is 3.40. The van der Waals surface area contributed by atoms with Crippen molar-refractivity contribution < 1.29 is 14.3 Å². The summed E-state index contributed by atoms with van der Waals surface area (Å²) in [6.07, 6.45) is 4.19. The van der Waals surface area contributed by atoms with Crippen LogP contribution in [0.2, 0.25) is 0 Å². The zero-order valence-electron chi connectivity index (χ0n) is 13.8. The molecule has 7 heteroatoms. The number of nitrogens with one attached hydrogen (secondary N) is 1. The van der Waals surface area contributed by atoms with Crippen LogP contribution in [0.25, 0.3) is 0 Å². The number of aromatic amines is 1. The van der Waals surface area contributed by atoms with Gasteiger partial charge in [-0.2, -0.15) is 0 Å². The first-order chi connectivity index (χ1) is 11.5. The summed E-state index contributed by atoms with van der Waals surface area (Å²) >= 11 is 0. The topological polar surface area (TPSA) is 82.7 Å². The number of H-pyrrole nitrogens is 1. The third-order valence-electron chi connectivity index (χ3n) is 5.31. The quantitative estimate of drug-likeness (QED) is 0.829. The van der Waals surface area contributed by atoms with E-state index in [2.05, 4.69) is 4.98 Å². The SMILES string of the molecule is CN1CC2(CCN(C(=O)c3cc4c([nH]c3=O)CCCC4)C2)OC1=O. The number of likely N-dealkylation sites (tertiary alicyclic amines) is 1. The molecule has 7 nitrogen and oxygen atoms in total. The van der Waals surface area contributed by atoms with Gasteiger partial charge in [-0.05, 0) is 37.3 Å². The molecule has 2 amide bonds. The van der Waals surface area contributed by atoms with E-state index in [0.717, 1.165) is 36.9 Å². The molecule has 1 atom stereocenters. The van der Waals surface area contributed by atoms with Gasteiger partial charge in [-0.15, -0.1) is 0 Å². The lowest BCUT2D eigenvalue weighted by Crippen LogP contribution is -2.40. The van der Waals surface area contributed by atoms with Gasteiger partial charge in [-0.3, -0.25) is 9.59 Å². The van der Waals surface area contributed by atoms with Gasteiger partial charge in [-0.25, -0.2) is 4.79 Å². The molecule has 0 saturated carbocycles. The fraction of sp³-hybridized carbons (Fsp3) is 0.588. The Morgan fingerprint density at radius 3 is 2.79 bits per heavy atom. The van der Waals surface area contributed by atoms with E-state index in [1.54, 1.807) is 18.0 Å². The molecule has 1 aromatic rings. The number of fused-ring (bicyclic) bond motifs is 1. The average Bonchev–Trinajstić information content (AvgIpc) is 3.09. The molecule has 1 N–H and O–H groups in total. The maximum atomic E-state index is 12.8. The van der Waals surface area contributed by atoms with Crippen molar-refractivity contribution in [2.45, 2.75) is 37.7 Å². The monoisotopic (exact) mass is 331 g/mol. The molecule has 0 radical (unpaired) electrons. The van der Waals surface area contributed by atoms with E-state index in [0.29, 0.717) is 26.1 Å². The number of carbonyl (C=O) groups excluding carboxylic acids is 2. The van der Waals surface area contributed by atoms with E-state index >= 15 is 0 Å². The zero-order valence-corrected chi connectivity index (χ0v) is 13.8. The largest absolute Gasteiger partial charge is 0.439 e. The van der Waals surface area contributed by atoms with E-state index in [1.807, 2.05) is 0 Å². The summed E-state index contributed by atoms with van der Waals surface area (Å²) < 4.78 is 5.47. The Morgan fingerprint density at radius 2 is 2.04 bits per heavy atom. The number of nitrogens with zero attached hydrogens (tertiary/aromatic N) is 2. The second-order valence-electron chi connectivity index (χ2n) is 7.11. The first kappa shape index (κ1) is 15.2. The van der Waals surface area contributed by atoms with Crippen LogP contribution in [0.15, 0.2) is 10.9 Å². The predicted molar refractivity (Wildman–Crippen MR) is 86.1 cm³/mol. The molecule has 128 valence electrons. The van der Waals surface area contributed by atoms with Gasteiger partial charge in [0.25, 0.3) is 11.5 Å². The summed E-state index contributed by atoms with van der Waals surface area (Å²) in [5.41, 5.74) is 1.30. The van der Waals surface area contributed by atoms with Gasteiger partial charge in [0.05, 0.1) is 13.1 Å². The third kappa shape index (κ3) is 2.39. The summed E-state index contributed by atoms with van der Waals surface area (Å²) in [7, 11) is 1.69. The van der Waals surface area contributed by atoms with Crippen molar-refractivity contribution in [1.29, 1.82) is 0 Å². The summed E-state index contributed by atoms with van der Waals surface area (Å²) in [5.74, 6) is -0.271. The van der Waals surface area contributed by atoms with Crippen LogP contribution in [0.5, 0.6) is 0 Å². The highest BCUT2D eigenvalue weighted by Gasteiger charge is 2.49. The lowest BCUT2D eigenvalue weighted by Gasteiger charge is -2.22. The third-order valence-corrected chi connectivity index (χ3v) is 5.31. The number of hydrogen-bond donors (Lipinski definition) is 1. The number of likely N-dealkylation sites (N-methyl/N-ethyl adjacent to an activating group) is 1. The minimum absolute atomic E-state index is 0.199. The Labute approximate surface area is 139 Å². The van der Waals surface area contributed by atoms with E-state index < -0.39 is 5.60 Å². The van der Waals surface area contributed by atoms with Crippen LogP contribution in [-0.2, 0) is 17.6 Å². The highest BCUT2D eigenvalue weighted by Crippen LogP contribution is 2.32. The predicted octanol–water partition coefficient (Wildman–Crippen LogP) is 0.920. The Morgan fingerprint density at radius 1 is 1.25 bits per heavy atom. The first-order valence-electron chi connectivity index (χ1n) is 8.46. The number of aryl methyl sites for hydroxylation is 2. The summed E-state index contributed by atoms with van der Waals surface area (Å²) in [6.45, 7) is 1.32. The van der Waals surface area contributed by atoms with Gasteiger partial charge in [0.2, 0.25) is 0 Å². The van der Waals surface area contributed by atoms with E-state index in [1.165, 1.54) is 4.90 Å². The van der Waals surface area contributed by atoms with Crippen LogP contribution in [0.4, 0.5) is 4.79 Å². The lowest BCUT2D eigenvalue weighted by molar-refractivity contribution is 0.0552. The standard InChI is InChI=1S/C17H21N3O4/c1-19-9-17(24-16(19)23)6-7-20(10-17)15(22)12-8-11-4-2-3-5-13(11)18-14(12)21/h8H,2-7,9-10H2,1H3,(H,18,21). The van der Waals surface area contributed by atoms with Crippen LogP contribution in [0.3, 0.4) is 0 Å². The maximum Gasteiger partial charge on any atom is 0.410 e. The van der Waals surface area contributed by atoms with Crippen LogP contribution in [0, 0.1) is 0 Å². The first-order valence-corrected chi connectivity index (χ1v) is 8.46. The van der Waals surface area contributed by atoms with E-state index in [-0.39, 0.29) is 23.1 Å². The molecule has 4 rings (SSSR count). The van der Waals surface area contributed by atoms with Crippen LogP contribution in [-0.4, -0.2) is 59.1 Å². The molecule has 24 heavy (non-hydrogen) atoms. The summed E-state index contributed by atoms with van der Waals surface area (Å²) in [6, 6.07) is 1.76. The number of carbonyl (C=O) groups is 2. The number of hydrogen-bond acceptors (Lipinski definition) is 4. The number of amides is 2. The average molecular weight is 331 g/mol. The Hall–Kier alpha value is -2.31. The summed E-state index contributed by atoms with van der Waals surface area (Å²) in [5, 5.41) is 0. The molecule has 2 saturated heterocycles. The molecular weight excluding hydrogens is 310 g/mol. The molecular formula is C17H21N3O4. The van der Waals surface area contributed by atoms with Crippen molar-refractivity contribution >= 4 is 12.0 Å². The highest BCUT2D eigenvalue weighted by molar-refractivity contribution is 5.94. The smallest absolute Gasteiger partial charge is 0.410 e. The normalized spacial score (nSPS) is 26.0. The van der Waals surface area contributed by atoms with Crippen molar-refractivity contribution in [2.24, 2.45) is 0 Å². The van der Waals surface area contributed by atoms with Crippen LogP contribution >= 0.6 is 0 Å². The minimum atomic E-state index is -0.623. The molecule has 3 aliphatic rings. The van der Waals surface area contributed by atoms with Gasteiger partial charge >= 0.3 is 6.09 Å². The fourth-order valence-corrected chi connectivity index (χ4v) is 4.03. The molecule has 1 aromatic heterocycles. The second kappa shape index (κ2) is 5.36. The number of ether oxygens (including phenoxy) is 1. The maximum absolute atomic E-state index is 12.8. The number of aromatic nitrogens is 1. The molecule has 0 aromatic carbocycles. The number of rotatable bonds is 1. The van der Waals surface area contributed by atoms with Crippen molar-refractivity contribution in [1.82, 2.24) is 14.8 Å². The molecule has 1 spiro atoms. The van der Waals surface area contributed by atoms with Crippen molar-refractivity contribution in [3.63, 3.8) is 0 Å². The van der Waals surface area contributed by atoms with Crippen molar-refractivity contribution in [3.05, 3.63) is 33.2 Å². The molecule has 3 heterocycles. The van der Waals surface area contributed by atoms with Crippen LogP contribution < -0.4 is 5.56 Å². The van der Waals surface area contributed by atoms with Gasteiger partial charge < -0.3 is 19.5 Å².